The third-order valence-corrected chi connectivity index (χ3v) is 4.33. The molecular formula is C14H15BrClNOS. The summed E-state index contributed by atoms with van der Waals surface area (Å²) in [6, 6.07) is 8.04. The van der Waals surface area contributed by atoms with Crippen molar-refractivity contribution in [2.24, 2.45) is 0 Å². The van der Waals surface area contributed by atoms with Crippen molar-refractivity contribution in [1.82, 2.24) is 5.32 Å². The predicted molar refractivity (Wildman–Crippen MR) is 85.3 cm³/mol. The van der Waals surface area contributed by atoms with Crippen molar-refractivity contribution in [2.75, 3.05) is 7.05 Å². The van der Waals surface area contributed by atoms with Gasteiger partial charge in [0.25, 0.3) is 0 Å². The highest BCUT2D eigenvalue weighted by Crippen LogP contribution is 2.30. The van der Waals surface area contributed by atoms with Crippen molar-refractivity contribution in [2.45, 2.75) is 20.1 Å². The first-order valence-corrected chi connectivity index (χ1v) is 7.89. The van der Waals surface area contributed by atoms with Crippen LogP contribution < -0.4 is 10.1 Å². The van der Waals surface area contributed by atoms with Gasteiger partial charge < -0.3 is 10.1 Å². The molecule has 0 atom stereocenters. The highest BCUT2D eigenvalue weighted by Gasteiger charge is 2.09. The molecule has 0 aliphatic carbocycles. The molecule has 0 fully saturated rings. The Kier molecular flexibility index (Phi) is 5.28. The number of hydrogen-bond acceptors (Lipinski definition) is 3. The van der Waals surface area contributed by atoms with Gasteiger partial charge >= 0.3 is 0 Å². The number of nitrogens with one attached hydrogen (secondary N) is 1. The summed E-state index contributed by atoms with van der Waals surface area (Å²) in [6.07, 6.45) is 0. The van der Waals surface area contributed by atoms with Gasteiger partial charge in [-0.15, -0.1) is 11.3 Å². The summed E-state index contributed by atoms with van der Waals surface area (Å²) in [7, 11) is 1.93. The minimum atomic E-state index is 0.552. The molecule has 0 amide bonds. The Morgan fingerprint density at radius 3 is 2.79 bits per heavy atom. The standard InChI is InChI=1S/C14H15BrClNOS/c1-9-5-11(15)6-10(7-17-2)14(9)18-8-12-3-4-13(16)19-12/h3-6,17H,7-8H2,1-2H3. The molecule has 0 bridgehead atoms. The van der Waals surface area contributed by atoms with E-state index >= 15 is 0 Å². The number of ether oxygens (including phenoxy) is 1. The quantitative estimate of drug-likeness (QED) is 0.829. The second kappa shape index (κ2) is 6.75. The van der Waals surface area contributed by atoms with Crippen LogP contribution in [0.5, 0.6) is 5.75 Å². The SMILES string of the molecule is CNCc1cc(Br)cc(C)c1OCc1ccc(Cl)s1. The van der Waals surface area contributed by atoms with Crippen LogP contribution >= 0.6 is 38.9 Å². The van der Waals surface area contributed by atoms with Crippen molar-refractivity contribution in [3.63, 3.8) is 0 Å². The van der Waals surface area contributed by atoms with Crippen molar-refractivity contribution in [3.8, 4) is 5.75 Å². The van der Waals surface area contributed by atoms with Crippen LogP contribution in [0.1, 0.15) is 16.0 Å². The zero-order chi connectivity index (χ0) is 13.8. The molecule has 1 aromatic heterocycles. The molecule has 0 aliphatic heterocycles. The van der Waals surface area contributed by atoms with E-state index in [0.29, 0.717) is 6.61 Å². The van der Waals surface area contributed by atoms with E-state index in [4.69, 9.17) is 16.3 Å². The van der Waals surface area contributed by atoms with Crippen molar-refractivity contribution >= 4 is 38.9 Å². The lowest BCUT2D eigenvalue weighted by atomic mass is 10.1. The molecule has 1 aromatic carbocycles. The number of rotatable bonds is 5. The van der Waals surface area contributed by atoms with Crippen LogP contribution in [-0.2, 0) is 13.2 Å². The summed E-state index contributed by atoms with van der Waals surface area (Å²) in [6.45, 7) is 3.39. The fraction of sp³-hybridized carbons (Fsp3) is 0.286. The van der Waals surface area contributed by atoms with E-state index in [1.165, 1.54) is 0 Å². The zero-order valence-electron chi connectivity index (χ0n) is 10.8. The first-order valence-electron chi connectivity index (χ1n) is 5.91. The van der Waals surface area contributed by atoms with Crippen LogP contribution in [0.3, 0.4) is 0 Å². The Labute approximate surface area is 130 Å². The smallest absolute Gasteiger partial charge is 0.127 e. The summed E-state index contributed by atoms with van der Waals surface area (Å²) < 4.78 is 7.83. The monoisotopic (exact) mass is 359 g/mol. The second-order valence-corrected chi connectivity index (χ2v) is 6.95. The molecular weight excluding hydrogens is 346 g/mol. The van der Waals surface area contributed by atoms with Gasteiger partial charge in [0.05, 0.1) is 4.34 Å². The van der Waals surface area contributed by atoms with Crippen LogP contribution in [0.4, 0.5) is 0 Å². The van der Waals surface area contributed by atoms with Gasteiger partial charge in [-0.05, 0) is 43.8 Å². The number of thiophene rings is 1. The lowest BCUT2D eigenvalue weighted by Gasteiger charge is -2.14. The largest absolute Gasteiger partial charge is 0.487 e. The average Bonchev–Trinajstić information content (AvgIpc) is 2.74. The molecule has 2 aromatic rings. The maximum Gasteiger partial charge on any atom is 0.127 e. The molecule has 0 saturated carbocycles. The average molecular weight is 361 g/mol. The molecule has 2 nitrogen and oxygen atoms in total. The third kappa shape index (κ3) is 3.96. The molecule has 1 N–H and O–H groups in total. The van der Waals surface area contributed by atoms with Crippen LogP contribution in [0, 0.1) is 6.92 Å². The van der Waals surface area contributed by atoms with Gasteiger partial charge in [-0.1, -0.05) is 27.5 Å². The minimum Gasteiger partial charge on any atom is -0.487 e. The number of aryl methyl sites for hydroxylation is 1. The number of benzene rings is 1. The lowest BCUT2D eigenvalue weighted by molar-refractivity contribution is 0.303. The van der Waals surface area contributed by atoms with Crippen molar-refractivity contribution in [1.29, 1.82) is 0 Å². The zero-order valence-corrected chi connectivity index (χ0v) is 14.0. The molecule has 0 saturated heterocycles. The van der Waals surface area contributed by atoms with Gasteiger partial charge in [-0.2, -0.15) is 0 Å². The Morgan fingerprint density at radius 1 is 1.37 bits per heavy atom. The molecule has 0 spiro atoms. The maximum absolute atomic E-state index is 5.97. The fourth-order valence-corrected chi connectivity index (χ4v) is 3.52. The van der Waals surface area contributed by atoms with E-state index in [9.17, 15) is 0 Å². The molecule has 2 rings (SSSR count). The van der Waals surface area contributed by atoms with Gasteiger partial charge in [0.2, 0.25) is 0 Å². The molecule has 102 valence electrons. The maximum atomic E-state index is 5.97. The van der Waals surface area contributed by atoms with Crippen LogP contribution in [0.2, 0.25) is 4.34 Å². The lowest BCUT2D eigenvalue weighted by Crippen LogP contribution is -2.08. The first kappa shape index (κ1) is 14.9. The van der Waals surface area contributed by atoms with E-state index in [1.807, 2.05) is 19.2 Å². The first-order chi connectivity index (χ1) is 9.10. The predicted octanol–water partition coefficient (Wildman–Crippen LogP) is 4.77. The Balaban J connectivity index is 2.18. The Morgan fingerprint density at radius 2 is 2.16 bits per heavy atom. The highest BCUT2D eigenvalue weighted by molar-refractivity contribution is 9.10. The number of hydrogen-bond donors (Lipinski definition) is 1. The van der Waals surface area contributed by atoms with Gasteiger partial charge in [0, 0.05) is 21.5 Å². The van der Waals surface area contributed by atoms with Crippen molar-refractivity contribution in [3.05, 3.63) is 49.1 Å². The third-order valence-electron chi connectivity index (χ3n) is 2.67. The molecule has 19 heavy (non-hydrogen) atoms. The normalized spacial score (nSPS) is 10.7. The van der Waals surface area contributed by atoms with Crippen LogP contribution in [0.15, 0.2) is 28.7 Å². The molecule has 0 unspecified atom stereocenters. The number of halogens is 2. The van der Waals surface area contributed by atoms with Crippen molar-refractivity contribution < 1.29 is 4.74 Å². The van der Waals surface area contributed by atoms with E-state index in [2.05, 4.69) is 40.3 Å². The fourth-order valence-electron chi connectivity index (χ4n) is 1.90. The van der Waals surface area contributed by atoms with E-state index < -0.39 is 0 Å². The van der Waals surface area contributed by atoms with Crippen LogP contribution in [-0.4, -0.2) is 7.05 Å². The van der Waals surface area contributed by atoms with Gasteiger partial charge in [-0.25, -0.2) is 0 Å². The molecule has 1 heterocycles. The topological polar surface area (TPSA) is 21.3 Å². The summed E-state index contributed by atoms with van der Waals surface area (Å²) in [5.74, 6) is 0.946. The van der Waals surface area contributed by atoms with E-state index in [0.717, 1.165) is 37.1 Å². The van der Waals surface area contributed by atoms with Gasteiger partial charge in [0.1, 0.15) is 12.4 Å². The van der Waals surface area contributed by atoms with Gasteiger partial charge in [-0.3, -0.25) is 0 Å². The summed E-state index contributed by atoms with van der Waals surface area (Å²) in [4.78, 5) is 1.13. The summed E-state index contributed by atoms with van der Waals surface area (Å²) >= 11 is 11.0. The van der Waals surface area contributed by atoms with Crippen LogP contribution in [0.25, 0.3) is 0 Å². The summed E-state index contributed by atoms with van der Waals surface area (Å²) in [5, 5.41) is 3.16. The second-order valence-electron chi connectivity index (χ2n) is 4.24. The molecule has 0 aliphatic rings. The summed E-state index contributed by atoms with van der Waals surface area (Å²) in [5.41, 5.74) is 2.28. The Hall–Kier alpha value is -0.550. The van der Waals surface area contributed by atoms with E-state index in [-0.39, 0.29) is 0 Å². The Bertz CT molecular complexity index is 571. The van der Waals surface area contributed by atoms with E-state index in [1.54, 1.807) is 11.3 Å². The molecule has 5 heteroatoms. The minimum absolute atomic E-state index is 0.552. The highest BCUT2D eigenvalue weighted by atomic mass is 79.9. The molecule has 0 radical (unpaired) electrons. The van der Waals surface area contributed by atoms with Gasteiger partial charge in [0.15, 0.2) is 0 Å².